The zero-order chi connectivity index (χ0) is 12.8. The molecule has 1 aromatic carbocycles. The third kappa shape index (κ3) is 4.10. The molecule has 0 bridgehead atoms. The van der Waals surface area contributed by atoms with E-state index in [2.05, 4.69) is 5.32 Å². The highest BCUT2D eigenvalue weighted by molar-refractivity contribution is 5.73. The van der Waals surface area contributed by atoms with E-state index in [1.807, 2.05) is 0 Å². The van der Waals surface area contributed by atoms with Crippen molar-refractivity contribution in [2.75, 3.05) is 11.9 Å². The van der Waals surface area contributed by atoms with Gasteiger partial charge in [0.1, 0.15) is 0 Å². The first kappa shape index (κ1) is 13.0. The van der Waals surface area contributed by atoms with Gasteiger partial charge in [0.05, 0.1) is 4.92 Å². The predicted octanol–water partition coefficient (Wildman–Crippen LogP) is 1.58. The maximum Gasteiger partial charge on any atom is 0.274 e. The van der Waals surface area contributed by atoms with Crippen LogP contribution in [-0.2, 0) is 4.79 Å². The van der Waals surface area contributed by atoms with Gasteiger partial charge in [-0.3, -0.25) is 14.9 Å². The van der Waals surface area contributed by atoms with Crippen LogP contribution in [0.5, 0.6) is 0 Å². The summed E-state index contributed by atoms with van der Waals surface area (Å²) < 4.78 is 0. The standard InChI is InChI=1S/C11H15N3O3/c1-8-4-5-9(7-10(8)14(16)17)13-6-2-3-11(12)15/h4-5,7,13H,2-3,6H2,1H3,(H2,12,15). The molecule has 6 nitrogen and oxygen atoms in total. The van der Waals surface area contributed by atoms with Gasteiger partial charge in [0.25, 0.3) is 5.69 Å². The van der Waals surface area contributed by atoms with Crippen molar-refractivity contribution in [3.63, 3.8) is 0 Å². The number of rotatable bonds is 6. The fraction of sp³-hybridized carbons (Fsp3) is 0.364. The number of nitrogens with one attached hydrogen (secondary N) is 1. The van der Waals surface area contributed by atoms with Gasteiger partial charge in [-0.05, 0) is 19.4 Å². The Hall–Kier alpha value is -2.11. The minimum absolute atomic E-state index is 0.0879. The second-order valence-electron chi connectivity index (χ2n) is 3.76. The summed E-state index contributed by atoms with van der Waals surface area (Å²) in [5.41, 5.74) is 6.38. The lowest BCUT2D eigenvalue weighted by Gasteiger charge is -2.06. The molecule has 0 heterocycles. The second-order valence-corrected chi connectivity index (χ2v) is 3.76. The topological polar surface area (TPSA) is 98.3 Å². The van der Waals surface area contributed by atoms with Crippen molar-refractivity contribution >= 4 is 17.3 Å². The lowest BCUT2D eigenvalue weighted by molar-refractivity contribution is -0.385. The van der Waals surface area contributed by atoms with Crippen molar-refractivity contribution in [3.05, 3.63) is 33.9 Å². The quantitative estimate of drug-likeness (QED) is 0.445. The minimum atomic E-state index is -0.413. The smallest absolute Gasteiger partial charge is 0.274 e. The van der Waals surface area contributed by atoms with E-state index in [1.165, 1.54) is 6.07 Å². The van der Waals surface area contributed by atoms with E-state index in [1.54, 1.807) is 19.1 Å². The Labute approximate surface area is 99.0 Å². The highest BCUT2D eigenvalue weighted by Crippen LogP contribution is 2.22. The molecule has 6 heteroatoms. The van der Waals surface area contributed by atoms with Crippen LogP contribution in [0.15, 0.2) is 18.2 Å². The normalized spacial score (nSPS) is 9.94. The van der Waals surface area contributed by atoms with Crippen molar-refractivity contribution in [1.29, 1.82) is 0 Å². The van der Waals surface area contributed by atoms with E-state index in [0.717, 1.165) is 0 Å². The zero-order valence-corrected chi connectivity index (χ0v) is 9.60. The number of hydrogen-bond donors (Lipinski definition) is 2. The van der Waals surface area contributed by atoms with Crippen LogP contribution in [0.1, 0.15) is 18.4 Å². The molecule has 1 amide bonds. The third-order valence-corrected chi connectivity index (χ3v) is 2.33. The molecule has 0 aliphatic rings. The van der Waals surface area contributed by atoms with Gasteiger partial charge in [-0.2, -0.15) is 0 Å². The summed E-state index contributed by atoms with van der Waals surface area (Å²) in [5, 5.41) is 13.7. The largest absolute Gasteiger partial charge is 0.385 e. The minimum Gasteiger partial charge on any atom is -0.385 e. The molecule has 0 fully saturated rings. The fourth-order valence-electron chi connectivity index (χ4n) is 1.41. The van der Waals surface area contributed by atoms with Gasteiger partial charge in [0.2, 0.25) is 5.91 Å². The maximum absolute atomic E-state index is 10.7. The predicted molar refractivity (Wildman–Crippen MR) is 64.8 cm³/mol. The number of amides is 1. The van der Waals surface area contributed by atoms with Crippen molar-refractivity contribution in [2.24, 2.45) is 5.73 Å². The number of benzene rings is 1. The fourth-order valence-corrected chi connectivity index (χ4v) is 1.41. The van der Waals surface area contributed by atoms with E-state index in [9.17, 15) is 14.9 Å². The summed E-state index contributed by atoms with van der Waals surface area (Å²) in [6, 6.07) is 4.95. The molecule has 0 aliphatic carbocycles. The number of nitrogens with zero attached hydrogens (tertiary/aromatic N) is 1. The van der Waals surface area contributed by atoms with Crippen LogP contribution in [0.3, 0.4) is 0 Å². The summed E-state index contributed by atoms with van der Waals surface area (Å²) in [4.78, 5) is 20.8. The average molecular weight is 237 g/mol. The molecule has 0 radical (unpaired) electrons. The number of hydrogen-bond acceptors (Lipinski definition) is 4. The second kappa shape index (κ2) is 5.83. The van der Waals surface area contributed by atoms with E-state index in [-0.39, 0.29) is 11.6 Å². The van der Waals surface area contributed by atoms with Gasteiger partial charge < -0.3 is 11.1 Å². The molecule has 17 heavy (non-hydrogen) atoms. The summed E-state index contributed by atoms with van der Waals surface area (Å²) >= 11 is 0. The Kier molecular flexibility index (Phi) is 4.45. The van der Waals surface area contributed by atoms with Crippen molar-refractivity contribution in [3.8, 4) is 0 Å². The summed E-state index contributed by atoms with van der Waals surface area (Å²) in [6.07, 6.45) is 0.915. The van der Waals surface area contributed by atoms with Crippen LogP contribution in [0.2, 0.25) is 0 Å². The number of nitro groups is 1. The molecule has 0 spiro atoms. The van der Waals surface area contributed by atoms with Gasteiger partial charge in [-0.1, -0.05) is 6.07 Å². The average Bonchev–Trinajstić information content (AvgIpc) is 2.25. The highest BCUT2D eigenvalue weighted by atomic mass is 16.6. The molecular formula is C11H15N3O3. The number of carbonyl (C=O) groups excluding carboxylic acids is 1. The molecular weight excluding hydrogens is 222 g/mol. The number of carbonyl (C=O) groups is 1. The Balaban J connectivity index is 2.57. The van der Waals surface area contributed by atoms with Crippen LogP contribution in [-0.4, -0.2) is 17.4 Å². The number of nitrogens with two attached hydrogens (primary N) is 1. The zero-order valence-electron chi connectivity index (χ0n) is 9.60. The van der Waals surface area contributed by atoms with Crippen molar-refractivity contribution in [2.45, 2.75) is 19.8 Å². The van der Waals surface area contributed by atoms with Gasteiger partial charge >= 0.3 is 0 Å². The Morgan fingerprint density at radius 2 is 2.24 bits per heavy atom. The summed E-state index contributed by atoms with van der Waals surface area (Å²) in [6.45, 7) is 2.25. The number of aryl methyl sites for hydroxylation is 1. The first-order valence-electron chi connectivity index (χ1n) is 5.28. The molecule has 1 rings (SSSR count). The third-order valence-electron chi connectivity index (χ3n) is 2.33. The van der Waals surface area contributed by atoms with Gasteiger partial charge in [-0.25, -0.2) is 0 Å². The van der Waals surface area contributed by atoms with Crippen molar-refractivity contribution < 1.29 is 9.72 Å². The maximum atomic E-state index is 10.7. The van der Waals surface area contributed by atoms with Crippen LogP contribution < -0.4 is 11.1 Å². The van der Waals surface area contributed by atoms with Gasteiger partial charge in [0, 0.05) is 30.3 Å². The molecule has 0 saturated carbocycles. The van der Waals surface area contributed by atoms with Gasteiger partial charge in [-0.15, -0.1) is 0 Å². The lowest BCUT2D eigenvalue weighted by atomic mass is 10.2. The molecule has 3 N–H and O–H groups in total. The molecule has 0 saturated heterocycles. The molecule has 1 aromatic rings. The number of primary amides is 1. The van der Waals surface area contributed by atoms with Gasteiger partial charge in [0.15, 0.2) is 0 Å². The van der Waals surface area contributed by atoms with Crippen LogP contribution in [0, 0.1) is 17.0 Å². The highest BCUT2D eigenvalue weighted by Gasteiger charge is 2.10. The molecule has 0 aliphatic heterocycles. The molecule has 92 valence electrons. The SMILES string of the molecule is Cc1ccc(NCCCC(N)=O)cc1[N+](=O)[O-]. The molecule has 0 atom stereocenters. The molecule has 0 unspecified atom stereocenters. The van der Waals surface area contributed by atoms with Crippen LogP contribution >= 0.6 is 0 Å². The van der Waals surface area contributed by atoms with E-state index in [0.29, 0.717) is 30.6 Å². The Morgan fingerprint density at radius 3 is 2.82 bits per heavy atom. The lowest BCUT2D eigenvalue weighted by Crippen LogP contribution is -2.12. The monoisotopic (exact) mass is 237 g/mol. The summed E-state index contributed by atoms with van der Waals surface area (Å²) in [5.74, 6) is -0.346. The van der Waals surface area contributed by atoms with Crippen LogP contribution in [0.4, 0.5) is 11.4 Å². The Bertz CT molecular complexity index is 432. The van der Waals surface area contributed by atoms with E-state index in [4.69, 9.17) is 5.73 Å². The summed E-state index contributed by atoms with van der Waals surface area (Å²) in [7, 11) is 0. The molecule has 0 aromatic heterocycles. The Morgan fingerprint density at radius 1 is 1.53 bits per heavy atom. The van der Waals surface area contributed by atoms with E-state index >= 15 is 0 Å². The number of anilines is 1. The first-order valence-corrected chi connectivity index (χ1v) is 5.28. The first-order chi connectivity index (χ1) is 8.00. The van der Waals surface area contributed by atoms with Crippen molar-refractivity contribution in [1.82, 2.24) is 0 Å². The number of nitro benzene ring substituents is 1. The van der Waals surface area contributed by atoms with E-state index < -0.39 is 4.92 Å². The van der Waals surface area contributed by atoms with Crippen LogP contribution in [0.25, 0.3) is 0 Å².